The van der Waals surface area contributed by atoms with Crippen LogP contribution >= 0.6 is 0 Å². The molecule has 0 spiro atoms. The number of nitrogens with zero attached hydrogens (tertiary/aromatic N) is 1. The standard InChI is InChI=1S/C9H11NO3S/c11-14(12,13)9(4-5-9)7-8-3-1-2-6-10-8/h1-3,6H,4-5,7H2,(H,11,12,13). The van der Waals surface area contributed by atoms with Crippen LogP contribution in [0.1, 0.15) is 18.5 Å². The zero-order chi connectivity index (χ0) is 10.2. The SMILES string of the molecule is O=S(=O)(O)C1(Cc2ccccn2)CC1. The van der Waals surface area contributed by atoms with E-state index in [0.29, 0.717) is 25.0 Å². The predicted molar refractivity (Wildman–Crippen MR) is 51.5 cm³/mol. The summed E-state index contributed by atoms with van der Waals surface area (Å²) >= 11 is 0. The van der Waals surface area contributed by atoms with E-state index in [-0.39, 0.29) is 0 Å². The molecule has 1 aliphatic carbocycles. The van der Waals surface area contributed by atoms with Gasteiger partial charge in [0.2, 0.25) is 0 Å². The summed E-state index contributed by atoms with van der Waals surface area (Å²) in [7, 11) is -3.93. The van der Waals surface area contributed by atoms with Crippen molar-refractivity contribution in [2.75, 3.05) is 0 Å². The van der Waals surface area contributed by atoms with E-state index in [2.05, 4.69) is 4.98 Å². The molecule has 0 saturated heterocycles. The molecule has 0 aromatic carbocycles. The molecule has 1 heterocycles. The van der Waals surface area contributed by atoms with Crippen LogP contribution in [0.5, 0.6) is 0 Å². The van der Waals surface area contributed by atoms with E-state index in [1.807, 2.05) is 6.07 Å². The maximum atomic E-state index is 11.0. The number of hydrogen-bond donors (Lipinski definition) is 1. The van der Waals surface area contributed by atoms with Crippen LogP contribution < -0.4 is 0 Å². The van der Waals surface area contributed by atoms with Crippen molar-refractivity contribution in [2.45, 2.75) is 24.0 Å². The van der Waals surface area contributed by atoms with E-state index < -0.39 is 14.9 Å². The van der Waals surface area contributed by atoms with Crippen LogP contribution in [0.4, 0.5) is 0 Å². The topological polar surface area (TPSA) is 67.3 Å². The van der Waals surface area contributed by atoms with E-state index in [1.165, 1.54) is 0 Å². The first-order chi connectivity index (χ1) is 6.54. The molecule has 1 aromatic rings. The van der Waals surface area contributed by atoms with E-state index in [9.17, 15) is 8.42 Å². The minimum atomic E-state index is -3.93. The molecule has 0 amide bonds. The summed E-state index contributed by atoms with van der Waals surface area (Å²) in [6.45, 7) is 0. The smallest absolute Gasteiger partial charge is 0.271 e. The first-order valence-corrected chi connectivity index (χ1v) is 5.84. The molecule has 5 heteroatoms. The van der Waals surface area contributed by atoms with E-state index in [1.54, 1.807) is 18.3 Å². The quantitative estimate of drug-likeness (QED) is 0.762. The summed E-state index contributed by atoms with van der Waals surface area (Å²) in [5.74, 6) is 0. The molecular formula is C9H11NO3S. The fourth-order valence-corrected chi connectivity index (χ4v) is 2.45. The van der Waals surface area contributed by atoms with Crippen LogP contribution in [0.15, 0.2) is 24.4 Å². The van der Waals surface area contributed by atoms with Gasteiger partial charge in [0.15, 0.2) is 0 Å². The van der Waals surface area contributed by atoms with Gasteiger partial charge in [0, 0.05) is 18.3 Å². The zero-order valence-corrected chi connectivity index (χ0v) is 8.37. The molecule has 0 radical (unpaired) electrons. The second kappa shape index (κ2) is 3.03. The summed E-state index contributed by atoms with van der Waals surface area (Å²) in [6, 6.07) is 5.35. The van der Waals surface area contributed by atoms with Gasteiger partial charge in [0.05, 0.1) is 0 Å². The van der Waals surface area contributed by atoms with Gasteiger partial charge in [-0.25, -0.2) is 0 Å². The van der Waals surface area contributed by atoms with E-state index in [4.69, 9.17) is 4.55 Å². The largest absolute Gasteiger partial charge is 0.285 e. The van der Waals surface area contributed by atoms with Crippen molar-refractivity contribution in [2.24, 2.45) is 0 Å². The summed E-state index contributed by atoms with van der Waals surface area (Å²) < 4.78 is 30.2. The fraction of sp³-hybridized carbons (Fsp3) is 0.444. The lowest BCUT2D eigenvalue weighted by molar-refractivity contribution is 0.461. The minimum absolute atomic E-state index is 0.312. The molecule has 0 atom stereocenters. The van der Waals surface area contributed by atoms with Crippen molar-refractivity contribution in [3.63, 3.8) is 0 Å². The fourth-order valence-electron chi connectivity index (χ4n) is 1.50. The molecular weight excluding hydrogens is 202 g/mol. The Morgan fingerprint density at radius 3 is 2.57 bits per heavy atom. The number of aromatic nitrogens is 1. The Bertz CT molecular complexity index is 423. The van der Waals surface area contributed by atoms with Gasteiger partial charge in [-0.15, -0.1) is 0 Å². The lowest BCUT2D eigenvalue weighted by Gasteiger charge is -2.10. The average Bonchev–Trinajstić information content (AvgIpc) is 2.86. The monoisotopic (exact) mass is 213 g/mol. The molecule has 1 saturated carbocycles. The molecule has 0 unspecified atom stereocenters. The third kappa shape index (κ3) is 1.65. The van der Waals surface area contributed by atoms with Crippen molar-refractivity contribution >= 4 is 10.1 Å². The van der Waals surface area contributed by atoms with Gasteiger partial charge in [-0.2, -0.15) is 8.42 Å². The Kier molecular flexibility index (Phi) is 2.08. The normalized spacial score (nSPS) is 19.2. The Balaban J connectivity index is 2.21. The highest BCUT2D eigenvalue weighted by molar-refractivity contribution is 7.87. The van der Waals surface area contributed by atoms with Crippen LogP contribution in [-0.2, 0) is 16.5 Å². The first kappa shape index (κ1) is 9.61. The van der Waals surface area contributed by atoms with Gasteiger partial charge < -0.3 is 0 Å². The molecule has 1 aromatic heterocycles. The van der Waals surface area contributed by atoms with Crippen LogP contribution in [0.3, 0.4) is 0 Å². The summed E-state index contributed by atoms with van der Waals surface area (Å²) in [5.41, 5.74) is 0.711. The summed E-state index contributed by atoms with van der Waals surface area (Å²) in [4.78, 5) is 4.04. The maximum absolute atomic E-state index is 11.0. The minimum Gasteiger partial charge on any atom is -0.285 e. The highest BCUT2D eigenvalue weighted by atomic mass is 32.2. The van der Waals surface area contributed by atoms with Crippen LogP contribution in [0.2, 0.25) is 0 Å². The van der Waals surface area contributed by atoms with E-state index in [0.717, 1.165) is 0 Å². The Morgan fingerprint density at radius 2 is 2.14 bits per heavy atom. The molecule has 1 aliphatic rings. The second-order valence-electron chi connectivity index (χ2n) is 3.66. The van der Waals surface area contributed by atoms with Gasteiger partial charge in [0.25, 0.3) is 10.1 Å². The van der Waals surface area contributed by atoms with Crippen LogP contribution in [-0.4, -0.2) is 22.7 Å². The molecule has 0 aliphatic heterocycles. The van der Waals surface area contributed by atoms with Gasteiger partial charge in [-0.1, -0.05) is 6.07 Å². The predicted octanol–water partition coefficient (Wildman–Crippen LogP) is 1.04. The highest BCUT2D eigenvalue weighted by Crippen LogP contribution is 2.45. The molecule has 0 bridgehead atoms. The highest BCUT2D eigenvalue weighted by Gasteiger charge is 2.54. The Hall–Kier alpha value is -0.940. The number of rotatable bonds is 3. The van der Waals surface area contributed by atoms with Crippen molar-refractivity contribution in [1.29, 1.82) is 0 Å². The third-order valence-corrected chi connectivity index (χ3v) is 4.23. The Morgan fingerprint density at radius 1 is 1.43 bits per heavy atom. The lowest BCUT2D eigenvalue weighted by atomic mass is 10.2. The lowest BCUT2D eigenvalue weighted by Crippen LogP contribution is -2.25. The zero-order valence-electron chi connectivity index (χ0n) is 7.55. The van der Waals surface area contributed by atoms with Crippen molar-refractivity contribution in [1.82, 2.24) is 4.98 Å². The molecule has 1 N–H and O–H groups in total. The van der Waals surface area contributed by atoms with Crippen LogP contribution in [0, 0.1) is 0 Å². The molecule has 4 nitrogen and oxygen atoms in total. The first-order valence-electron chi connectivity index (χ1n) is 4.40. The second-order valence-corrected chi connectivity index (χ2v) is 5.47. The van der Waals surface area contributed by atoms with Crippen LogP contribution in [0.25, 0.3) is 0 Å². The van der Waals surface area contributed by atoms with Crippen molar-refractivity contribution in [3.05, 3.63) is 30.1 Å². The van der Waals surface area contributed by atoms with Crippen molar-refractivity contribution < 1.29 is 13.0 Å². The van der Waals surface area contributed by atoms with Gasteiger partial charge in [0.1, 0.15) is 4.75 Å². The molecule has 76 valence electrons. The van der Waals surface area contributed by atoms with Crippen molar-refractivity contribution in [3.8, 4) is 0 Å². The third-order valence-electron chi connectivity index (χ3n) is 2.58. The molecule has 14 heavy (non-hydrogen) atoms. The van der Waals surface area contributed by atoms with Gasteiger partial charge >= 0.3 is 0 Å². The Labute approximate surface area is 82.7 Å². The number of hydrogen-bond acceptors (Lipinski definition) is 3. The summed E-state index contributed by atoms with van der Waals surface area (Å²) in [5, 5.41) is 0. The summed E-state index contributed by atoms with van der Waals surface area (Å²) in [6.07, 6.45) is 2.99. The average molecular weight is 213 g/mol. The molecule has 1 fully saturated rings. The van der Waals surface area contributed by atoms with Gasteiger partial charge in [-0.05, 0) is 25.0 Å². The van der Waals surface area contributed by atoms with E-state index >= 15 is 0 Å². The molecule has 2 rings (SSSR count). The number of pyridine rings is 1. The van der Waals surface area contributed by atoms with Gasteiger partial charge in [-0.3, -0.25) is 9.54 Å². The maximum Gasteiger partial charge on any atom is 0.271 e.